The monoisotopic (exact) mass is 330 g/mol. The first-order valence-electron chi connectivity index (χ1n) is 8.25. The largest absolute Gasteiger partial charge is 0.494 e. The van der Waals surface area contributed by atoms with Crippen LogP contribution in [0.25, 0.3) is 0 Å². The van der Waals surface area contributed by atoms with Crippen molar-refractivity contribution in [3.05, 3.63) is 46.7 Å². The molecule has 0 fully saturated rings. The van der Waals surface area contributed by atoms with Gasteiger partial charge in [-0.05, 0) is 44.5 Å². The standard InChI is InChI=1S/C18H23FN4O/c1-11(13-4-5-17(24-3)15(19)10-13)21-18-14-6-8-20-9-7-16(14)22-12(2)23-18/h4-5,10-11,20H,6-9H2,1-3H3,(H,21,22,23)/t11-/m1/s1. The molecule has 2 aromatic rings. The molecule has 0 radical (unpaired) electrons. The SMILES string of the molecule is COc1ccc([C@@H](C)Nc2nc(C)nc3c2CCNCC3)cc1F. The summed E-state index contributed by atoms with van der Waals surface area (Å²) in [4.78, 5) is 9.16. The molecule has 1 aliphatic heterocycles. The summed E-state index contributed by atoms with van der Waals surface area (Å²) < 4.78 is 18.9. The van der Waals surface area contributed by atoms with Crippen LogP contribution in [0.3, 0.4) is 0 Å². The lowest BCUT2D eigenvalue weighted by Crippen LogP contribution is -2.16. The lowest BCUT2D eigenvalue weighted by atomic mass is 10.1. The molecule has 1 aromatic carbocycles. The third kappa shape index (κ3) is 3.48. The van der Waals surface area contributed by atoms with Gasteiger partial charge in [0, 0.05) is 18.5 Å². The summed E-state index contributed by atoms with van der Waals surface area (Å²) >= 11 is 0. The fourth-order valence-corrected chi connectivity index (χ4v) is 3.03. The topological polar surface area (TPSA) is 59.1 Å². The van der Waals surface area contributed by atoms with E-state index in [2.05, 4.69) is 20.6 Å². The first-order chi connectivity index (χ1) is 11.6. The van der Waals surface area contributed by atoms with Crippen LogP contribution in [-0.4, -0.2) is 30.2 Å². The highest BCUT2D eigenvalue weighted by Gasteiger charge is 2.18. The zero-order valence-corrected chi connectivity index (χ0v) is 14.3. The van der Waals surface area contributed by atoms with Gasteiger partial charge in [0.2, 0.25) is 0 Å². The van der Waals surface area contributed by atoms with Crippen LogP contribution in [0.15, 0.2) is 18.2 Å². The fraction of sp³-hybridized carbons (Fsp3) is 0.444. The van der Waals surface area contributed by atoms with Crippen LogP contribution in [0.1, 0.15) is 35.6 Å². The summed E-state index contributed by atoms with van der Waals surface area (Å²) in [7, 11) is 1.47. The Bertz CT molecular complexity index is 735. The average Bonchev–Trinajstić information content (AvgIpc) is 2.80. The van der Waals surface area contributed by atoms with Gasteiger partial charge in [0.1, 0.15) is 11.6 Å². The molecule has 0 aliphatic carbocycles. The van der Waals surface area contributed by atoms with Crippen molar-refractivity contribution in [2.45, 2.75) is 32.7 Å². The lowest BCUT2D eigenvalue weighted by molar-refractivity contribution is 0.386. The van der Waals surface area contributed by atoms with Crippen molar-refractivity contribution in [2.24, 2.45) is 0 Å². The van der Waals surface area contributed by atoms with E-state index in [1.165, 1.54) is 13.2 Å². The van der Waals surface area contributed by atoms with Crippen LogP contribution >= 0.6 is 0 Å². The van der Waals surface area contributed by atoms with E-state index in [1.54, 1.807) is 6.07 Å². The average molecular weight is 330 g/mol. The van der Waals surface area contributed by atoms with E-state index in [0.717, 1.165) is 54.4 Å². The van der Waals surface area contributed by atoms with Crippen LogP contribution in [0, 0.1) is 12.7 Å². The number of nitrogens with one attached hydrogen (secondary N) is 2. The van der Waals surface area contributed by atoms with Gasteiger partial charge in [-0.1, -0.05) is 6.07 Å². The van der Waals surface area contributed by atoms with Crippen LogP contribution in [0.2, 0.25) is 0 Å². The Labute approximate surface area is 141 Å². The Balaban J connectivity index is 1.87. The van der Waals surface area contributed by atoms with Crippen molar-refractivity contribution in [3.8, 4) is 5.75 Å². The molecular formula is C18H23FN4O. The van der Waals surface area contributed by atoms with Gasteiger partial charge < -0.3 is 15.4 Å². The third-order valence-electron chi connectivity index (χ3n) is 4.32. The van der Waals surface area contributed by atoms with E-state index in [1.807, 2.05) is 19.9 Å². The third-order valence-corrected chi connectivity index (χ3v) is 4.32. The van der Waals surface area contributed by atoms with Gasteiger partial charge in [-0.3, -0.25) is 0 Å². The highest BCUT2D eigenvalue weighted by atomic mass is 19.1. The zero-order chi connectivity index (χ0) is 17.1. The van der Waals surface area contributed by atoms with E-state index in [-0.39, 0.29) is 17.6 Å². The van der Waals surface area contributed by atoms with Gasteiger partial charge >= 0.3 is 0 Å². The maximum atomic E-state index is 14.0. The normalized spacial score (nSPS) is 15.3. The number of methoxy groups -OCH3 is 1. The second-order valence-corrected chi connectivity index (χ2v) is 6.05. The number of fused-ring (bicyclic) bond motifs is 1. The van der Waals surface area contributed by atoms with Crippen LogP contribution < -0.4 is 15.4 Å². The van der Waals surface area contributed by atoms with E-state index in [4.69, 9.17) is 4.74 Å². The molecule has 2 heterocycles. The van der Waals surface area contributed by atoms with Gasteiger partial charge in [0.05, 0.1) is 18.8 Å². The Morgan fingerprint density at radius 3 is 2.79 bits per heavy atom. The molecule has 0 unspecified atom stereocenters. The predicted octanol–water partition coefficient (Wildman–Crippen LogP) is 2.79. The smallest absolute Gasteiger partial charge is 0.165 e. The van der Waals surface area contributed by atoms with Crippen molar-refractivity contribution in [3.63, 3.8) is 0 Å². The summed E-state index contributed by atoms with van der Waals surface area (Å²) in [5, 5.41) is 6.82. The minimum absolute atomic E-state index is 0.0694. The van der Waals surface area contributed by atoms with Gasteiger partial charge in [0.15, 0.2) is 11.6 Å². The Morgan fingerprint density at radius 2 is 2.04 bits per heavy atom. The van der Waals surface area contributed by atoms with Gasteiger partial charge in [-0.2, -0.15) is 0 Å². The number of halogens is 1. The van der Waals surface area contributed by atoms with Crippen LogP contribution in [0.4, 0.5) is 10.2 Å². The molecule has 0 saturated heterocycles. The van der Waals surface area contributed by atoms with Crippen molar-refractivity contribution >= 4 is 5.82 Å². The molecule has 1 atom stereocenters. The molecule has 5 nitrogen and oxygen atoms in total. The van der Waals surface area contributed by atoms with Gasteiger partial charge in [-0.15, -0.1) is 0 Å². The second-order valence-electron chi connectivity index (χ2n) is 6.05. The molecule has 3 rings (SSSR count). The fourth-order valence-electron chi connectivity index (χ4n) is 3.03. The molecule has 24 heavy (non-hydrogen) atoms. The first-order valence-corrected chi connectivity index (χ1v) is 8.25. The first kappa shape index (κ1) is 16.6. The number of benzene rings is 1. The van der Waals surface area contributed by atoms with Gasteiger partial charge in [-0.25, -0.2) is 14.4 Å². The number of hydrogen-bond acceptors (Lipinski definition) is 5. The summed E-state index contributed by atoms with van der Waals surface area (Å²) in [6.45, 7) is 5.75. The molecule has 128 valence electrons. The Kier molecular flexibility index (Phi) is 4.94. The van der Waals surface area contributed by atoms with Crippen molar-refractivity contribution in [1.29, 1.82) is 0 Å². The van der Waals surface area contributed by atoms with E-state index in [9.17, 15) is 4.39 Å². The van der Waals surface area contributed by atoms with Crippen molar-refractivity contribution in [2.75, 3.05) is 25.5 Å². The number of aryl methyl sites for hydroxylation is 1. The van der Waals surface area contributed by atoms with E-state index in [0.29, 0.717) is 0 Å². The molecule has 0 bridgehead atoms. The number of nitrogens with zero attached hydrogens (tertiary/aromatic N) is 2. The number of ether oxygens (including phenoxy) is 1. The van der Waals surface area contributed by atoms with Crippen LogP contribution in [-0.2, 0) is 12.8 Å². The molecule has 0 spiro atoms. The number of hydrogen-bond donors (Lipinski definition) is 2. The minimum Gasteiger partial charge on any atom is -0.494 e. The summed E-state index contributed by atoms with van der Waals surface area (Å²) in [6.07, 6.45) is 1.79. The van der Waals surface area contributed by atoms with E-state index < -0.39 is 0 Å². The quantitative estimate of drug-likeness (QED) is 0.903. The maximum absolute atomic E-state index is 14.0. The highest BCUT2D eigenvalue weighted by molar-refractivity contribution is 5.49. The summed E-state index contributed by atoms with van der Waals surface area (Å²) in [6, 6.07) is 4.96. The van der Waals surface area contributed by atoms with Crippen molar-refractivity contribution in [1.82, 2.24) is 15.3 Å². The molecule has 1 aliphatic rings. The lowest BCUT2D eigenvalue weighted by Gasteiger charge is -2.19. The second kappa shape index (κ2) is 7.13. The maximum Gasteiger partial charge on any atom is 0.165 e. The zero-order valence-electron chi connectivity index (χ0n) is 14.3. The molecule has 6 heteroatoms. The Morgan fingerprint density at radius 1 is 1.25 bits per heavy atom. The highest BCUT2D eigenvalue weighted by Crippen LogP contribution is 2.27. The van der Waals surface area contributed by atoms with Gasteiger partial charge in [0.25, 0.3) is 0 Å². The number of aromatic nitrogens is 2. The molecule has 0 saturated carbocycles. The number of anilines is 1. The minimum atomic E-state index is -0.356. The Hall–Kier alpha value is -2.21. The molecule has 2 N–H and O–H groups in total. The predicted molar refractivity (Wildman–Crippen MR) is 92.0 cm³/mol. The molecular weight excluding hydrogens is 307 g/mol. The van der Waals surface area contributed by atoms with Crippen LogP contribution in [0.5, 0.6) is 5.75 Å². The summed E-state index contributed by atoms with van der Waals surface area (Å²) in [5.74, 6) is 1.51. The summed E-state index contributed by atoms with van der Waals surface area (Å²) in [5.41, 5.74) is 3.11. The van der Waals surface area contributed by atoms with Crippen molar-refractivity contribution < 1.29 is 9.13 Å². The van der Waals surface area contributed by atoms with E-state index >= 15 is 0 Å². The molecule has 1 aromatic heterocycles. The number of rotatable bonds is 4. The molecule has 0 amide bonds.